The highest BCUT2D eigenvalue weighted by atomic mass is 16.4. The fraction of sp³-hybridized carbons (Fsp3) is 0.500. The number of hydrogen-bond donors (Lipinski definition) is 8. The number of amides is 3. The van der Waals surface area contributed by atoms with Crippen molar-refractivity contribution in [2.45, 2.75) is 63.4 Å². The van der Waals surface area contributed by atoms with Gasteiger partial charge in [0.05, 0.1) is 12.1 Å². The van der Waals surface area contributed by atoms with Crippen LogP contribution in [0.15, 0.2) is 35.3 Å². The fourth-order valence-corrected chi connectivity index (χ4v) is 3.06. The monoisotopic (exact) mass is 493 g/mol. The fourth-order valence-electron chi connectivity index (χ4n) is 3.06. The van der Waals surface area contributed by atoms with Crippen LogP contribution in [0.5, 0.6) is 0 Å². The van der Waals surface area contributed by atoms with Gasteiger partial charge < -0.3 is 43.4 Å². The van der Waals surface area contributed by atoms with Crippen LogP contribution >= 0.6 is 0 Å². The molecule has 1 aromatic rings. The van der Waals surface area contributed by atoms with Gasteiger partial charge in [-0.3, -0.25) is 19.4 Å². The predicted molar refractivity (Wildman–Crippen MR) is 129 cm³/mol. The van der Waals surface area contributed by atoms with E-state index in [-0.39, 0.29) is 25.3 Å². The summed E-state index contributed by atoms with van der Waals surface area (Å²) in [6, 6.07) is 4.44. The van der Waals surface area contributed by atoms with Gasteiger partial charge in [-0.2, -0.15) is 0 Å². The summed E-state index contributed by atoms with van der Waals surface area (Å²) in [5.41, 5.74) is 17.5. The van der Waals surface area contributed by atoms with Crippen molar-refractivity contribution in [1.29, 1.82) is 0 Å². The largest absolute Gasteiger partial charge is 0.480 e. The Balaban J connectivity index is 2.84. The molecule has 11 N–H and O–H groups in total. The Kier molecular flexibility index (Phi) is 12.2. The number of guanidine groups is 1. The maximum Gasteiger partial charge on any atom is 0.328 e. The van der Waals surface area contributed by atoms with E-state index in [9.17, 15) is 24.3 Å². The molecule has 0 saturated carbocycles. The Bertz CT molecular complexity index is 890. The highest BCUT2D eigenvalue weighted by Gasteiger charge is 2.30. The number of aliphatic carboxylic acids is 1. The third kappa shape index (κ3) is 10.8. The predicted octanol–water partition coefficient (Wildman–Crippen LogP) is -2.45. The number of nitrogens with zero attached hydrogens (tertiary/aromatic N) is 1. The van der Waals surface area contributed by atoms with Crippen molar-refractivity contribution < 1.29 is 29.4 Å². The molecule has 3 amide bonds. The normalized spacial score (nSPS) is 15.0. The quantitative estimate of drug-likeness (QED) is 0.0778. The van der Waals surface area contributed by atoms with Gasteiger partial charge in [-0.25, -0.2) is 4.79 Å². The topological polar surface area (TPSA) is 235 Å². The standard InChI is InChI=1S/C22H35N7O6/c1-12(18(31)29-17(13(2)30)21(34)35)27-20(33)16(9-6-10-26-22(24)25)28-19(32)15(23)11-14-7-4-3-5-8-14/h3-5,7-8,12-13,15-17,30H,6,9-11,23H2,1-2H3,(H,27,33)(H,28,32)(H,29,31)(H,34,35)(H4,24,25,26). The summed E-state index contributed by atoms with van der Waals surface area (Å²) in [6.45, 7) is 2.76. The summed E-state index contributed by atoms with van der Waals surface area (Å²) in [5.74, 6) is -3.60. The van der Waals surface area contributed by atoms with Crippen molar-refractivity contribution in [1.82, 2.24) is 16.0 Å². The molecule has 194 valence electrons. The number of aliphatic imine (C=N–C) groups is 1. The zero-order valence-electron chi connectivity index (χ0n) is 19.8. The maximum absolute atomic E-state index is 12.9. The Hall–Kier alpha value is -3.71. The summed E-state index contributed by atoms with van der Waals surface area (Å²) >= 11 is 0. The molecule has 0 fully saturated rings. The number of hydrogen-bond acceptors (Lipinski definition) is 7. The van der Waals surface area contributed by atoms with Crippen LogP contribution in [0, 0.1) is 0 Å². The van der Waals surface area contributed by atoms with Gasteiger partial charge in [0.15, 0.2) is 12.0 Å². The number of carboxylic acids is 1. The minimum Gasteiger partial charge on any atom is -0.480 e. The third-order valence-electron chi connectivity index (χ3n) is 5.01. The third-order valence-corrected chi connectivity index (χ3v) is 5.01. The molecule has 13 heteroatoms. The molecule has 1 rings (SSSR count). The lowest BCUT2D eigenvalue weighted by Crippen LogP contribution is -2.57. The van der Waals surface area contributed by atoms with Gasteiger partial charge in [-0.1, -0.05) is 30.3 Å². The SMILES string of the molecule is CC(NC(=O)C(CCCN=C(N)N)NC(=O)C(N)Cc1ccccc1)C(=O)NC(C(=O)O)C(C)O. The first kappa shape index (κ1) is 29.3. The molecule has 0 spiro atoms. The molecular weight excluding hydrogens is 458 g/mol. The number of carboxylic acid groups (broad SMARTS) is 1. The number of aliphatic hydroxyl groups is 1. The average molecular weight is 494 g/mol. The van der Waals surface area contributed by atoms with Crippen LogP contribution in [0.1, 0.15) is 32.3 Å². The zero-order chi connectivity index (χ0) is 26.5. The number of benzene rings is 1. The Morgan fingerprint density at radius 1 is 0.971 bits per heavy atom. The molecule has 13 nitrogen and oxygen atoms in total. The molecule has 0 aromatic heterocycles. The van der Waals surface area contributed by atoms with Gasteiger partial charge in [0, 0.05) is 6.54 Å². The highest BCUT2D eigenvalue weighted by Crippen LogP contribution is 2.05. The Labute approximate surface area is 203 Å². The van der Waals surface area contributed by atoms with Gasteiger partial charge >= 0.3 is 5.97 Å². The molecule has 0 aliphatic rings. The van der Waals surface area contributed by atoms with E-state index in [0.717, 1.165) is 5.56 Å². The molecule has 0 aliphatic heterocycles. The zero-order valence-corrected chi connectivity index (χ0v) is 19.8. The molecule has 0 heterocycles. The minimum absolute atomic E-state index is 0.115. The number of aliphatic hydroxyl groups excluding tert-OH is 1. The summed E-state index contributed by atoms with van der Waals surface area (Å²) in [4.78, 5) is 52.9. The van der Waals surface area contributed by atoms with Crippen molar-refractivity contribution in [2.75, 3.05) is 6.54 Å². The summed E-state index contributed by atoms with van der Waals surface area (Å²) in [7, 11) is 0. The molecule has 0 saturated heterocycles. The Morgan fingerprint density at radius 3 is 2.14 bits per heavy atom. The van der Waals surface area contributed by atoms with Crippen molar-refractivity contribution in [3.05, 3.63) is 35.9 Å². The second-order valence-electron chi connectivity index (χ2n) is 8.10. The van der Waals surface area contributed by atoms with E-state index < -0.39 is 54.0 Å². The van der Waals surface area contributed by atoms with Gasteiger partial charge in [-0.15, -0.1) is 0 Å². The van der Waals surface area contributed by atoms with E-state index in [0.29, 0.717) is 6.42 Å². The summed E-state index contributed by atoms with van der Waals surface area (Å²) < 4.78 is 0. The molecule has 0 aliphatic carbocycles. The van der Waals surface area contributed by atoms with Crippen molar-refractivity contribution in [3.63, 3.8) is 0 Å². The van der Waals surface area contributed by atoms with Crippen LogP contribution in [0.25, 0.3) is 0 Å². The Morgan fingerprint density at radius 2 is 1.60 bits per heavy atom. The summed E-state index contributed by atoms with van der Waals surface area (Å²) in [5, 5.41) is 25.8. The first-order chi connectivity index (χ1) is 16.4. The van der Waals surface area contributed by atoms with Gasteiger partial charge in [0.1, 0.15) is 12.1 Å². The van der Waals surface area contributed by atoms with Crippen LogP contribution < -0.4 is 33.2 Å². The first-order valence-corrected chi connectivity index (χ1v) is 11.1. The lowest BCUT2D eigenvalue weighted by atomic mass is 10.0. The number of nitrogens with one attached hydrogen (secondary N) is 3. The number of carbonyl (C=O) groups is 4. The molecule has 35 heavy (non-hydrogen) atoms. The summed E-state index contributed by atoms with van der Waals surface area (Å²) in [6.07, 6.45) is -0.614. The van der Waals surface area contributed by atoms with Crippen LogP contribution in [0.3, 0.4) is 0 Å². The first-order valence-electron chi connectivity index (χ1n) is 11.1. The van der Waals surface area contributed by atoms with Crippen LogP contribution in [-0.2, 0) is 25.6 Å². The van der Waals surface area contributed by atoms with E-state index in [1.807, 2.05) is 30.3 Å². The highest BCUT2D eigenvalue weighted by molar-refractivity contribution is 5.94. The van der Waals surface area contributed by atoms with E-state index in [1.54, 1.807) is 0 Å². The minimum atomic E-state index is -1.55. The van der Waals surface area contributed by atoms with Crippen molar-refractivity contribution >= 4 is 29.7 Å². The van der Waals surface area contributed by atoms with E-state index in [2.05, 4.69) is 20.9 Å². The molecule has 5 unspecified atom stereocenters. The van der Waals surface area contributed by atoms with E-state index >= 15 is 0 Å². The van der Waals surface area contributed by atoms with Gasteiger partial charge in [0.2, 0.25) is 17.7 Å². The number of carbonyl (C=O) groups excluding carboxylic acids is 3. The van der Waals surface area contributed by atoms with Crippen molar-refractivity contribution in [2.24, 2.45) is 22.2 Å². The van der Waals surface area contributed by atoms with Crippen LogP contribution in [-0.4, -0.2) is 76.7 Å². The van der Waals surface area contributed by atoms with Gasteiger partial charge in [0.25, 0.3) is 0 Å². The second-order valence-corrected chi connectivity index (χ2v) is 8.10. The molecule has 0 bridgehead atoms. The van der Waals surface area contributed by atoms with E-state index in [1.165, 1.54) is 13.8 Å². The molecule has 0 radical (unpaired) electrons. The van der Waals surface area contributed by atoms with Crippen molar-refractivity contribution in [3.8, 4) is 0 Å². The van der Waals surface area contributed by atoms with Gasteiger partial charge in [-0.05, 0) is 38.7 Å². The smallest absolute Gasteiger partial charge is 0.328 e. The van der Waals surface area contributed by atoms with Crippen LogP contribution in [0.2, 0.25) is 0 Å². The second kappa shape index (κ2) is 14.5. The maximum atomic E-state index is 12.9. The molecule has 1 aromatic carbocycles. The molecular formula is C22H35N7O6. The van der Waals surface area contributed by atoms with Crippen LogP contribution in [0.4, 0.5) is 0 Å². The molecule has 5 atom stereocenters. The lowest BCUT2D eigenvalue weighted by Gasteiger charge is -2.24. The average Bonchev–Trinajstić information content (AvgIpc) is 2.78. The number of rotatable bonds is 14. The van der Waals surface area contributed by atoms with E-state index in [4.69, 9.17) is 22.3 Å². The lowest BCUT2D eigenvalue weighted by molar-refractivity contribution is -0.145. The number of nitrogens with two attached hydrogens (primary N) is 3.